The molecular formula is C20H19FN2O6. The van der Waals surface area contributed by atoms with Gasteiger partial charge in [-0.2, -0.15) is 5.10 Å². The molecule has 0 aliphatic carbocycles. The molecule has 152 valence electrons. The number of halogens is 1. The summed E-state index contributed by atoms with van der Waals surface area (Å²) in [4.78, 5) is 24.3. The second-order valence-electron chi connectivity index (χ2n) is 6.22. The fourth-order valence-electron chi connectivity index (χ4n) is 3.01. The first-order valence-corrected chi connectivity index (χ1v) is 8.86. The molecule has 3 aromatic rings. The highest BCUT2D eigenvalue weighted by Gasteiger charge is 2.30. The first kappa shape index (κ1) is 20.3. The summed E-state index contributed by atoms with van der Waals surface area (Å²) in [5.41, 5.74) is 0.706. The molecule has 0 aliphatic rings. The maximum atomic E-state index is 13.3. The summed E-state index contributed by atoms with van der Waals surface area (Å²) < 4.78 is 23.8. The number of aromatic amines is 1. The summed E-state index contributed by atoms with van der Waals surface area (Å²) in [5.74, 6) is -2.88. The molecule has 3 rings (SSSR count). The monoisotopic (exact) mass is 402 g/mol. The van der Waals surface area contributed by atoms with Gasteiger partial charge in [0.1, 0.15) is 18.2 Å². The van der Waals surface area contributed by atoms with Gasteiger partial charge in [0.25, 0.3) is 0 Å². The molecule has 9 heteroatoms. The zero-order valence-electron chi connectivity index (χ0n) is 15.5. The van der Waals surface area contributed by atoms with Gasteiger partial charge in [0.2, 0.25) is 11.2 Å². The van der Waals surface area contributed by atoms with Crippen LogP contribution in [0.3, 0.4) is 0 Å². The number of aromatic hydroxyl groups is 1. The van der Waals surface area contributed by atoms with E-state index in [0.29, 0.717) is 16.8 Å². The Morgan fingerprint density at radius 2 is 2.07 bits per heavy atom. The number of carbonyl (C=O) groups excluding carboxylic acids is 1. The summed E-state index contributed by atoms with van der Waals surface area (Å²) in [7, 11) is 0. The van der Waals surface area contributed by atoms with Crippen LogP contribution in [-0.2, 0) is 16.1 Å². The minimum Gasteiger partial charge on any atom is -0.502 e. The predicted molar refractivity (Wildman–Crippen MR) is 99.6 cm³/mol. The van der Waals surface area contributed by atoms with Crippen LogP contribution in [0.1, 0.15) is 36.3 Å². The number of H-pyrrole nitrogens is 1. The standard InChI is InChI=1S/C20H19FN2O6/c1-2-28-17(26)8-14(20-19(27)16(25)7-13(10-24)29-20)15-9-22-23-18(15)11-3-5-12(21)6-4-11/h3-7,9,14,24,27H,2,8,10H2,1H3,(H,22,23)/t14-/m1/s1. The van der Waals surface area contributed by atoms with Crippen molar-refractivity contribution in [2.45, 2.75) is 25.9 Å². The van der Waals surface area contributed by atoms with Gasteiger partial charge >= 0.3 is 5.97 Å². The molecule has 0 saturated heterocycles. The van der Waals surface area contributed by atoms with Crippen LogP contribution in [0.15, 0.2) is 45.7 Å². The fourth-order valence-corrected chi connectivity index (χ4v) is 3.01. The lowest BCUT2D eigenvalue weighted by molar-refractivity contribution is -0.143. The number of ether oxygens (including phenoxy) is 1. The van der Waals surface area contributed by atoms with Crippen LogP contribution in [0.4, 0.5) is 4.39 Å². The van der Waals surface area contributed by atoms with Crippen molar-refractivity contribution in [2.75, 3.05) is 6.61 Å². The summed E-state index contributed by atoms with van der Waals surface area (Å²) in [6.07, 6.45) is 1.17. The van der Waals surface area contributed by atoms with Gasteiger partial charge < -0.3 is 19.4 Å². The van der Waals surface area contributed by atoms with E-state index in [-0.39, 0.29) is 24.5 Å². The van der Waals surface area contributed by atoms with Crippen molar-refractivity contribution in [3.8, 4) is 17.0 Å². The third-order valence-corrected chi connectivity index (χ3v) is 4.33. The average molecular weight is 402 g/mol. The summed E-state index contributed by atoms with van der Waals surface area (Å²) in [5, 5.41) is 26.4. The Balaban J connectivity index is 2.15. The van der Waals surface area contributed by atoms with Gasteiger partial charge in [0.05, 0.1) is 30.8 Å². The maximum Gasteiger partial charge on any atom is 0.306 e. The highest BCUT2D eigenvalue weighted by atomic mass is 19.1. The van der Waals surface area contributed by atoms with E-state index >= 15 is 0 Å². The first-order chi connectivity index (χ1) is 13.9. The molecule has 0 spiro atoms. The molecule has 8 nitrogen and oxygen atoms in total. The summed E-state index contributed by atoms with van der Waals surface area (Å²) >= 11 is 0. The van der Waals surface area contributed by atoms with Crippen LogP contribution < -0.4 is 5.43 Å². The zero-order chi connectivity index (χ0) is 21.0. The van der Waals surface area contributed by atoms with E-state index in [1.165, 1.54) is 30.5 Å². The number of benzene rings is 1. The molecule has 0 unspecified atom stereocenters. The molecule has 1 atom stereocenters. The highest BCUT2D eigenvalue weighted by Crippen LogP contribution is 2.37. The van der Waals surface area contributed by atoms with Crippen LogP contribution in [0.2, 0.25) is 0 Å². The molecule has 2 aromatic heterocycles. The molecule has 3 N–H and O–H groups in total. The SMILES string of the molecule is CCOC(=O)C[C@H](c1cn[nH]c1-c1ccc(F)cc1)c1oc(CO)cc(=O)c1O. The predicted octanol–water partition coefficient (Wildman–Crippen LogP) is 2.45. The minimum atomic E-state index is -0.938. The summed E-state index contributed by atoms with van der Waals surface area (Å²) in [6.45, 7) is 1.23. The second kappa shape index (κ2) is 8.70. The molecule has 2 heterocycles. The van der Waals surface area contributed by atoms with Gasteiger partial charge in [-0.15, -0.1) is 0 Å². The maximum absolute atomic E-state index is 13.3. The van der Waals surface area contributed by atoms with E-state index in [4.69, 9.17) is 9.15 Å². The Morgan fingerprint density at radius 3 is 2.72 bits per heavy atom. The highest BCUT2D eigenvalue weighted by molar-refractivity contribution is 5.73. The normalized spacial score (nSPS) is 12.0. The van der Waals surface area contributed by atoms with Crippen LogP contribution in [0.25, 0.3) is 11.3 Å². The van der Waals surface area contributed by atoms with E-state index in [1.54, 1.807) is 6.92 Å². The number of carbonyl (C=O) groups is 1. The number of hydrogen-bond acceptors (Lipinski definition) is 7. The van der Waals surface area contributed by atoms with Gasteiger partial charge in [-0.1, -0.05) is 0 Å². The van der Waals surface area contributed by atoms with Crippen molar-refractivity contribution in [3.63, 3.8) is 0 Å². The van der Waals surface area contributed by atoms with E-state index in [1.807, 2.05) is 0 Å². The van der Waals surface area contributed by atoms with Crippen LogP contribution in [0, 0.1) is 5.82 Å². The third kappa shape index (κ3) is 4.35. The van der Waals surface area contributed by atoms with Gasteiger partial charge in [-0.3, -0.25) is 14.7 Å². The quantitative estimate of drug-likeness (QED) is 0.518. The van der Waals surface area contributed by atoms with Gasteiger partial charge in [-0.05, 0) is 31.2 Å². The minimum absolute atomic E-state index is 0.0662. The Kier molecular flexibility index (Phi) is 6.08. The number of esters is 1. The Bertz CT molecular complexity index is 1060. The molecular weight excluding hydrogens is 383 g/mol. The molecule has 0 radical (unpaired) electrons. The number of nitrogens with one attached hydrogen (secondary N) is 1. The van der Waals surface area contributed by atoms with Gasteiger partial charge in [0, 0.05) is 17.2 Å². The van der Waals surface area contributed by atoms with Crippen LogP contribution >= 0.6 is 0 Å². The number of nitrogens with zero attached hydrogens (tertiary/aromatic N) is 1. The first-order valence-electron chi connectivity index (χ1n) is 8.86. The van der Waals surface area contributed by atoms with Gasteiger partial charge in [0.15, 0.2) is 5.76 Å². The largest absolute Gasteiger partial charge is 0.502 e. The number of rotatable bonds is 7. The van der Waals surface area contributed by atoms with E-state index < -0.39 is 35.5 Å². The third-order valence-electron chi connectivity index (χ3n) is 4.33. The van der Waals surface area contributed by atoms with Crippen molar-refractivity contribution in [1.29, 1.82) is 0 Å². The second-order valence-corrected chi connectivity index (χ2v) is 6.22. The topological polar surface area (TPSA) is 126 Å². The van der Waals surface area contributed by atoms with Crippen molar-refractivity contribution >= 4 is 5.97 Å². The zero-order valence-corrected chi connectivity index (χ0v) is 15.5. The van der Waals surface area contributed by atoms with E-state index in [2.05, 4.69) is 10.2 Å². The van der Waals surface area contributed by atoms with E-state index in [9.17, 15) is 24.2 Å². The molecule has 0 aliphatic heterocycles. The van der Waals surface area contributed by atoms with Crippen molar-refractivity contribution in [3.05, 3.63) is 69.7 Å². The molecule has 0 amide bonds. The smallest absolute Gasteiger partial charge is 0.306 e. The number of aliphatic hydroxyl groups is 1. The lowest BCUT2D eigenvalue weighted by Crippen LogP contribution is -2.15. The summed E-state index contributed by atoms with van der Waals surface area (Å²) in [6, 6.07) is 6.55. The Hall–Kier alpha value is -3.46. The Labute approximate surface area is 164 Å². The Morgan fingerprint density at radius 1 is 1.34 bits per heavy atom. The lowest BCUT2D eigenvalue weighted by atomic mass is 9.90. The molecule has 0 bridgehead atoms. The van der Waals surface area contributed by atoms with Gasteiger partial charge in [-0.25, -0.2) is 4.39 Å². The van der Waals surface area contributed by atoms with E-state index in [0.717, 1.165) is 6.07 Å². The van der Waals surface area contributed by atoms with Crippen LogP contribution in [-0.4, -0.2) is 33.0 Å². The molecule has 1 aromatic carbocycles. The average Bonchev–Trinajstić information content (AvgIpc) is 3.18. The number of aromatic nitrogens is 2. The molecule has 0 saturated carbocycles. The molecule has 29 heavy (non-hydrogen) atoms. The lowest BCUT2D eigenvalue weighted by Gasteiger charge is -2.17. The van der Waals surface area contributed by atoms with Crippen molar-refractivity contribution in [1.82, 2.24) is 10.2 Å². The van der Waals surface area contributed by atoms with Crippen molar-refractivity contribution < 1.29 is 28.6 Å². The number of aliphatic hydroxyl groups excluding tert-OH is 1. The molecule has 0 fully saturated rings. The number of hydrogen-bond donors (Lipinski definition) is 3. The van der Waals surface area contributed by atoms with Crippen molar-refractivity contribution in [2.24, 2.45) is 0 Å². The fraction of sp³-hybridized carbons (Fsp3) is 0.250. The van der Waals surface area contributed by atoms with Crippen LogP contribution in [0.5, 0.6) is 5.75 Å².